The van der Waals surface area contributed by atoms with E-state index in [4.69, 9.17) is 5.73 Å². The standard InChI is InChI=1S/C9H10F3N/c10-9(11,12)6-5-7-1-3-8(13)4-2-7/h1-4H,5-6,13H2. The topological polar surface area (TPSA) is 26.0 Å². The van der Waals surface area contributed by atoms with Crippen molar-refractivity contribution in [3.63, 3.8) is 0 Å². The molecule has 1 rings (SSSR count). The maximum Gasteiger partial charge on any atom is 0.389 e. The van der Waals surface area contributed by atoms with E-state index in [1.54, 1.807) is 24.3 Å². The predicted molar refractivity (Wildman–Crippen MR) is 45.2 cm³/mol. The maximum absolute atomic E-state index is 11.8. The third-order valence-electron chi connectivity index (χ3n) is 1.68. The molecule has 0 aliphatic rings. The lowest BCUT2D eigenvalue weighted by Crippen LogP contribution is -2.08. The van der Waals surface area contributed by atoms with Crippen LogP contribution < -0.4 is 5.73 Å². The van der Waals surface area contributed by atoms with Crippen molar-refractivity contribution in [2.45, 2.75) is 19.0 Å². The molecule has 72 valence electrons. The van der Waals surface area contributed by atoms with E-state index in [9.17, 15) is 13.2 Å². The Morgan fingerprint density at radius 1 is 1.08 bits per heavy atom. The van der Waals surface area contributed by atoms with Crippen molar-refractivity contribution in [2.75, 3.05) is 5.73 Å². The van der Waals surface area contributed by atoms with Gasteiger partial charge in [-0.1, -0.05) is 12.1 Å². The molecule has 0 aliphatic heterocycles. The molecule has 0 unspecified atom stereocenters. The molecule has 0 aromatic heterocycles. The van der Waals surface area contributed by atoms with Crippen LogP contribution in [0.2, 0.25) is 0 Å². The molecular formula is C9H10F3N. The second kappa shape index (κ2) is 3.68. The lowest BCUT2D eigenvalue weighted by atomic mass is 10.1. The minimum absolute atomic E-state index is 0.0176. The summed E-state index contributed by atoms with van der Waals surface area (Å²) < 4.78 is 35.4. The van der Waals surface area contributed by atoms with Gasteiger partial charge in [-0.05, 0) is 24.1 Å². The van der Waals surface area contributed by atoms with Crippen LogP contribution in [0.4, 0.5) is 18.9 Å². The van der Waals surface area contributed by atoms with Gasteiger partial charge in [0.05, 0.1) is 0 Å². The van der Waals surface area contributed by atoms with Crippen LogP contribution in [0.25, 0.3) is 0 Å². The van der Waals surface area contributed by atoms with Gasteiger partial charge in [0.15, 0.2) is 0 Å². The second-order valence-corrected chi connectivity index (χ2v) is 2.86. The molecule has 0 heterocycles. The van der Waals surface area contributed by atoms with Gasteiger partial charge in [-0.3, -0.25) is 0 Å². The first kappa shape index (κ1) is 9.89. The quantitative estimate of drug-likeness (QED) is 0.711. The number of nitrogen functional groups attached to an aromatic ring is 1. The Hall–Kier alpha value is -1.19. The number of hydrogen-bond donors (Lipinski definition) is 1. The summed E-state index contributed by atoms with van der Waals surface area (Å²) in [6.45, 7) is 0. The minimum Gasteiger partial charge on any atom is -0.399 e. The van der Waals surface area contributed by atoms with Crippen molar-refractivity contribution in [1.29, 1.82) is 0 Å². The van der Waals surface area contributed by atoms with Crippen LogP contribution in [0.15, 0.2) is 24.3 Å². The van der Waals surface area contributed by atoms with Crippen molar-refractivity contribution in [1.82, 2.24) is 0 Å². The largest absolute Gasteiger partial charge is 0.399 e. The number of anilines is 1. The molecule has 0 amide bonds. The van der Waals surface area contributed by atoms with Gasteiger partial charge in [-0.15, -0.1) is 0 Å². The summed E-state index contributed by atoms with van der Waals surface area (Å²) in [5, 5.41) is 0. The van der Waals surface area contributed by atoms with Gasteiger partial charge in [0, 0.05) is 12.1 Å². The molecular weight excluding hydrogens is 179 g/mol. The highest BCUT2D eigenvalue weighted by Gasteiger charge is 2.26. The van der Waals surface area contributed by atoms with Gasteiger partial charge < -0.3 is 5.73 Å². The molecule has 13 heavy (non-hydrogen) atoms. The van der Waals surface area contributed by atoms with Crippen LogP contribution in [0.5, 0.6) is 0 Å². The first-order valence-electron chi connectivity index (χ1n) is 3.88. The van der Waals surface area contributed by atoms with Crippen LogP contribution in [-0.2, 0) is 6.42 Å². The van der Waals surface area contributed by atoms with E-state index in [1.807, 2.05) is 0 Å². The summed E-state index contributed by atoms with van der Waals surface area (Å²) in [5.41, 5.74) is 6.61. The molecule has 0 atom stereocenters. The van der Waals surface area contributed by atoms with Crippen molar-refractivity contribution < 1.29 is 13.2 Å². The number of rotatable bonds is 2. The maximum atomic E-state index is 11.8. The Morgan fingerprint density at radius 3 is 2.08 bits per heavy atom. The fourth-order valence-electron chi connectivity index (χ4n) is 0.970. The molecule has 0 radical (unpaired) electrons. The van der Waals surface area contributed by atoms with Crippen molar-refractivity contribution in [3.05, 3.63) is 29.8 Å². The molecule has 4 heteroatoms. The molecule has 0 bridgehead atoms. The molecule has 0 spiro atoms. The monoisotopic (exact) mass is 189 g/mol. The minimum atomic E-state index is -4.08. The van der Waals surface area contributed by atoms with Gasteiger partial charge in [0.1, 0.15) is 0 Å². The summed E-state index contributed by atoms with van der Waals surface area (Å²) in [6.07, 6.45) is -4.85. The summed E-state index contributed by atoms with van der Waals surface area (Å²) in [7, 11) is 0. The fraction of sp³-hybridized carbons (Fsp3) is 0.333. The van der Waals surface area contributed by atoms with Crippen molar-refractivity contribution in [2.24, 2.45) is 0 Å². The first-order chi connectivity index (χ1) is 5.97. The zero-order chi connectivity index (χ0) is 9.90. The molecule has 1 aromatic carbocycles. The average Bonchev–Trinajstić information content (AvgIpc) is 2.02. The van der Waals surface area contributed by atoms with Crippen LogP contribution in [0.1, 0.15) is 12.0 Å². The number of alkyl halides is 3. The predicted octanol–water partition coefficient (Wildman–Crippen LogP) is 2.76. The van der Waals surface area contributed by atoms with E-state index >= 15 is 0 Å². The summed E-state index contributed by atoms with van der Waals surface area (Å²) >= 11 is 0. The number of hydrogen-bond acceptors (Lipinski definition) is 1. The third-order valence-corrected chi connectivity index (χ3v) is 1.68. The lowest BCUT2D eigenvalue weighted by Gasteiger charge is -2.05. The molecule has 1 nitrogen and oxygen atoms in total. The van der Waals surface area contributed by atoms with Gasteiger partial charge in [-0.25, -0.2) is 0 Å². The van der Waals surface area contributed by atoms with E-state index in [-0.39, 0.29) is 6.42 Å². The van der Waals surface area contributed by atoms with Gasteiger partial charge in [-0.2, -0.15) is 13.2 Å². The number of aryl methyl sites for hydroxylation is 1. The lowest BCUT2D eigenvalue weighted by molar-refractivity contribution is -0.133. The van der Waals surface area contributed by atoms with E-state index in [1.165, 1.54) is 0 Å². The third kappa shape index (κ3) is 3.83. The van der Waals surface area contributed by atoms with Crippen molar-refractivity contribution >= 4 is 5.69 Å². The fourth-order valence-corrected chi connectivity index (χ4v) is 0.970. The highest BCUT2D eigenvalue weighted by atomic mass is 19.4. The highest BCUT2D eigenvalue weighted by molar-refractivity contribution is 5.39. The summed E-state index contributed by atoms with van der Waals surface area (Å²) in [4.78, 5) is 0. The Morgan fingerprint density at radius 2 is 1.62 bits per heavy atom. The number of nitrogens with two attached hydrogens (primary N) is 1. The van der Waals surface area contributed by atoms with Crippen LogP contribution in [-0.4, -0.2) is 6.18 Å². The van der Waals surface area contributed by atoms with Crippen LogP contribution in [0.3, 0.4) is 0 Å². The van der Waals surface area contributed by atoms with Crippen molar-refractivity contribution in [3.8, 4) is 0 Å². The molecule has 0 aliphatic carbocycles. The molecule has 0 fully saturated rings. The number of halogens is 3. The van der Waals surface area contributed by atoms with E-state index in [2.05, 4.69) is 0 Å². The highest BCUT2D eigenvalue weighted by Crippen LogP contribution is 2.22. The first-order valence-corrected chi connectivity index (χ1v) is 3.88. The molecule has 0 saturated carbocycles. The Labute approximate surface area is 74.4 Å². The smallest absolute Gasteiger partial charge is 0.389 e. The van der Waals surface area contributed by atoms with E-state index in [0.717, 1.165) is 0 Å². The Balaban J connectivity index is 2.51. The zero-order valence-electron chi connectivity index (χ0n) is 6.93. The zero-order valence-corrected chi connectivity index (χ0v) is 6.93. The Bertz CT molecular complexity index is 263. The Kier molecular flexibility index (Phi) is 2.80. The van der Waals surface area contributed by atoms with E-state index < -0.39 is 12.6 Å². The van der Waals surface area contributed by atoms with E-state index in [0.29, 0.717) is 11.3 Å². The van der Waals surface area contributed by atoms with Gasteiger partial charge in [0.25, 0.3) is 0 Å². The second-order valence-electron chi connectivity index (χ2n) is 2.86. The SMILES string of the molecule is Nc1ccc(CCC(F)(F)F)cc1. The van der Waals surface area contributed by atoms with Gasteiger partial charge >= 0.3 is 6.18 Å². The molecule has 2 N–H and O–H groups in total. The summed E-state index contributed by atoms with van der Waals surface area (Å²) in [6, 6.07) is 6.43. The van der Waals surface area contributed by atoms with Crippen LogP contribution in [0, 0.1) is 0 Å². The summed E-state index contributed by atoms with van der Waals surface area (Å²) in [5.74, 6) is 0. The molecule has 0 saturated heterocycles. The number of benzene rings is 1. The molecule has 1 aromatic rings. The average molecular weight is 189 g/mol. The van der Waals surface area contributed by atoms with Crippen LogP contribution >= 0.6 is 0 Å². The normalized spacial score (nSPS) is 11.6. The van der Waals surface area contributed by atoms with Gasteiger partial charge in [0.2, 0.25) is 0 Å².